The number of rotatable bonds is 2. The molecule has 1 heteroatoms. The summed E-state index contributed by atoms with van der Waals surface area (Å²) in [5.74, 6) is 0.895. The van der Waals surface area contributed by atoms with Crippen LogP contribution in [-0.4, -0.2) is 12.6 Å². The third-order valence-electron chi connectivity index (χ3n) is 5.17. The zero-order chi connectivity index (χ0) is 12.4. The molecule has 0 aromatic heterocycles. The number of nitrogens with one attached hydrogen (secondary N) is 1. The molecule has 0 spiro atoms. The first-order chi connectivity index (χ1) is 8.81. The lowest BCUT2D eigenvalue weighted by atomic mass is 9.64. The van der Waals surface area contributed by atoms with Crippen LogP contribution in [0.4, 0.5) is 0 Å². The molecule has 3 rings (SSSR count). The summed E-state index contributed by atoms with van der Waals surface area (Å²) in [7, 11) is 0. The molecule has 2 aliphatic rings. The number of benzene rings is 1. The first kappa shape index (κ1) is 12.2. The van der Waals surface area contributed by atoms with Gasteiger partial charge in [-0.3, -0.25) is 0 Å². The minimum absolute atomic E-state index is 0.418. The van der Waals surface area contributed by atoms with Crippen LogP contribution in [0.15, 0.2) is 30.3 Å². The van der Waals surface area contributed by atoms with Crippen molar-refractivity contribution in [3.63, 3.8) is 0 Å². The Bertz CT molecular complexity index is 380. The average molecular weight is 243 g/mol. The van der Waals surface area contributed by atoms with Crippen LogP contribution in [0.25, 0.3) is 0 Å². The molecular formula is C17H25N. The highest BCUT2D eigenvalue weighted by molar-refractivity contribution is 5.29. The highest BCUT2D eigenvalue weighted by Gasteiger charge is 2.44. The van der Waals surface area contributed by atoms with Crippen molar-refractivity contribution >= 4 is 0 Å². The molecule has 0 radical (unpaired) electrons. The molecule has 1 saturated heterocycles. The third kappa shape index (κ3) is 2.09. The summed E-state index contributed by atoms with van der Waals surface area (Å²) in [6, 6.07) is 11.9. The van der Waals surface area contributed by atoms with Gasteiger partial charge in [-0.2, -0.15) is 0 Å². The topological polar surface area (TPSA) is 12.0 Å². The molecule has 1 N–H and O–H groups in total. The van der Waals surface area contributed by atoms with Gasteiger partial charge in [0.2, 0.25) is 0 Å². The van der Waals surface area contributed by atoms with Crippen molar-refractivity contribution in [1.29, 1.82) is 0 Å². The molecule has 2 fully saturated rings. The molecule has 0 bridgehead atoms. The lowest BCUT2D eigenvalue weighted by Crippen LogP contribution is -2.38. The van der Waals surface area contributed by atoms with Crippen molar-refractivity contribution in [2.24, 2.45) is 5.92 Å². The fourth-order valence-corrected chi connectivity index (χ4v) is 4.24. The molecule has 18 heavy (non-hydrogen) atoms. The van der Waals surface area contributed by atoms with Crippen molar-refractivity contribution in [3.05, 3.63) is 35.9 Å². The van der Waals surface area contributed by atoms with E-state index in [2.05, 4.69) is 42.6 Å². The summed E-state index contributed by atoms with van der Waals surface area (Å²) in [6.07, 6.45) is 8.51. The monoisotopic (exact) mass is 243 g/mol. The molecule has 1 aliphatic heterocycles. The van der Waals surface area contributed by atoms with Gasteiger partial charge in [0.1, 0.15) is 0 Å². The van der Waals surface area contributed by atoms with Gasteiger partial charge in [0.15, 0.2) is 0 Å². The molecule has 1 aromatic carbocycles. The van der Waals surface area contributed by atoms with Crippen LogP contribution in [-0.2, 0) is 5.41 Å². The molecule has 1 aliphatic carbocycles. The molecule has 1 heterocycles. The Hall–Kier alpha value is -0.820. The van der Waals surface area contributed by atoms with Crippen LogP contribution in [0, 0.1) is 5.92 Å². The van der Waals surface area contributed by atoms with Crippen molar-refractivity contribution < 1.29 is 0 Å². The molecule has 1 aromatic rings. The molecule has 2 atom stereocenters. The zero-order valence-corrected chi connectivity index (χ0v) is 11.5. The summed E-state index contributed by atoms with van der Waals surface area (Å²) in [5.41, 5.74) is 2.00. The number of hydrogen-bond acceptors (Lipinski definition) is 1. The van der Waals surface area contributed by atoms with E-state index in [9.17, 15) is 0 Å². The predicted molar refractivity (Wildman–Crippen MR) is 76.8 cm³/mol. The highest BCUT2D eigenvalue weighted by atomic mass is 15.0. The second kappa shape index (κ2) is 5.05. The van der Waals surface area contributed by atoms with E-state index in [1.807, 2.05) is 0 Å². The van der Waals surface area contributed by atoms with Crippen molar-refractivity contribution in [2.45, 2.75) is 56.9 Å². The van der Waals surface area contributed by atoms with E-state index in [-0.39, 0.29) is 0 Å². The van der Waals surface area contributed by atoms with Crippen LogP contribution >= 0.6 is 0 Å². The SMILES string of the molecule is CC1CC(c2ccccc2)(C2CCCCC2)CN1. The first-order valence-electron chi connectivity index (χ1n) is 7.60. The molecule has 0 amide bonds. The number of hydrogen-bond donors (Lipinski definition) is 1. The Labute approximate surface area is 111 Å². The zero-order valence-electron chi connectivity index (χ0n) is 11.5. The summed E-state index contributed by atoms with van der Waals surface area (Å²) in [6.45, 7) is 3.52. The lowest BCUT2D eigenvalue weighted by molar-refractivity contribution is 0.215. The first-order valence-corrected chi connectivity index (χ1v) is 7.60. The minimum atomic E-state index is 0.418. The van der Waals surface area contributed by atoms with Gasteiger partial charge >= 0.3 is 0 Å². The van der Waals surface area contributed by atoms with Crippen molar-refractivity contribution in [3.8, 4) is 0 Å². The molecule has 1 nitrogen and oxygen atoms in total. The maximum absolute atomic E-state index is 3.71. The summed E-state index contributed by atoms with van der Waals surface area (Å²) in [4.78, 5) is 0. The third-order valence-corrected chi connectivity index (χ3v) is 5.17. The molecule has 98 valence electrons. The highest BCUT2D eigenvalue weighted by Crippen LogP contribution is 2.46. The van der Waals surface area contributed by atoms with E-state index < -0.39 is 0 Å². The molecular weight excluding hydrogens is 218 g/mol. The van der Waals surface area contributed by atoms with E-state index >= 15 is 0 Å². The summed E-state index contributed by atoms with van der Waals surface area (Å²) >= 11 is 0. The van der Waals surface area contributed by atoms with E-state index in [1.165, 1.54) is 45.1 Å². The molecule has 2 unspecified atom stereocenters. The Morgan fingerprint density at radius 2 is 1.78 bits per heavy atom. The van der Waals surface area contributed by atoms with Gasteiger partial charge in [-0.25, -0.2) is 0 Å². The van der Waals surface area contributed by atoms with Gasteiger partial charge in [0, 0.05) is 18.0 Å². The van der Waals surface area contributed by atoms with Gasteiger partial charge < -0.3 is 5.32 Å². The fraction of sp³-hybridized carbons (Fsp3) is 0.647. The fourth-order valence-electron chi connectivity index (χ4n) is 4.24. The lowest BCUT2D eigenvalue weighted by Gasteiger charge is -2.40. The van der Waals surface area contributed by atoms with Gasteiger partial charge in [0.05, 0.1) is 0 Å². The van der Waals surface area contributed by atoms with Crippen LogP contribution in [0.2, 0.25) is 0 Å². The second-order valence-electron chi connectivity index (χ2n) is 6.34. The van der Waals surface area contributed by atoms with Crippen LogP contribution < -0.4 is 5.32 Å². The van der Waals surface area contributed by atoms with E-state index in [0.717, 1.165) is 5.92 Å². The Balaban J connectivity index is 1.93. The van der Waals surface area contributed by atoms with Crippen molar-refractivity contribution in [2.75, 3.05) is 6.54 Å². The Morgan fingerprint density at radius 1 is 1.06 bits per heavy atom. The van der Waals surface area contributed by atoms with E-state index in [1.54, 1.807) is 5.56 Å². The molecule has 1 saturated carbocycles. The van der Waals surface area contributed by atoms with E-state index in [0.29, 0.717) is 11.5 Å². The van der Waals surface area contributed by atoms with Gasteiger partial charge in [-0.15, -0.1) is 0 Å². The normalized spacial score (nSPS) is 33.7. The van der Waals surface area contributed by atoms with Crippen LogP contribution in [0.1, 0.15) is 51.0 Å². The van der Waals surface area contributed by atoms with Crippen LogP contribution in [0.5, 0.6) is 0 Å². The Morgan fingerprint density at radius 3 is 2.39 bits per heavy atom. The van der Waals surface area contributed by atoms with Gasteiger partial charge in [-0.05, 0) is 37.7 Å². The van der Waals surface area contributed by atoms with Gasteiger partial charge in [-0.1, -0.05) is 49.6 Å². The minimum Gasteiger partial charge on any atom is -0.313 e. The largest absolute Gasteiger partial charge is 0.313 e. The van der Waals surface area contributed by atoms with Gasteiger partial charge in [0.25, 0.3) is 0 Å². The van der Waals surface area contributed by atoms with Crippen LogP contribution in [0.3, 0.4) is 0 Å². The maximum atomic E-state index is 3.71. The predicted octanol–water partition coefficient (Wildman–Crippen LogP) is 3.89. The van der Waals surface area contributed by atoms with Crippen molar-refractivity contribution in [1.82, 2.24) is 5.32 Å². The second-order valence-corrected chi connectivity index (χ2v) is 6.34. The summed E-state index contributed by atoms with van der Waals surface area (Å²) < 4.78 is 0. The smallest absolute Gasteiger partial charge is 0.0121 e. The average Bonchev–Trinajstić information content (AvgIpc) is 2.84. The van der Waals surface area contributed by atoms with E-state index in [4.69, 9.17) is 0 Å². The summed E-state index contributed by atoms with van der Waals surface area (Å²) in [5, 5.41) is 3.71. The maximum Gasteiger partial charge on any atom is 0.0121 e. The Kier molecular flexibility index (Phi) is 3.43. The standard InChI is InChI=1S/C17H25N/c1-14-12-17(13-18-14,15-8-4-2-5-9-15)16-10-6-3-7-11-16/h2,4-5,8-9,14,16,18H,3,6-7,10-13H2,1H3. The quantitative estimate of drug-likeness (QED) is 0.831.